The molecule has 0 spiro atoms. The zero-order valence-electron chi connectivity index (χ0n) is 13.1. The number of nitrogens with one attached hydrogen (secondary N) is 2. The van der Waals surface area contributed by atoms with Gasteiger partial charge in [0.15, 0.2) is 5.96 Å². The minimum absolute atomic E-state index is 0.883. The summed E-state index contributed by atoms with van der Waals surface area (Å²) < 4.78 is 0. The highest BCUT2D eigenvalue weighted by atomic mass is 15.2. The summed E-state index contributed by atoms with van der Waals surface area (Å²) in [6.07, 6.45) is 13.1. The van der Waals surface area contributed by atoms with Crippen LogP contribution in [0.25, 0.3) is 0 Å². The maximum atomic E-state index is 4.27. The van der Waals surface area contributed by atoms with Crippen LogP contribution in [0.5, 0.6) is 0 Å². The predicted molar refractivity (Wildman–Crippen MR) is 88.5 cm³/mol. The van der Waals surface area contributed by atoms with E-state index in [-0.39, 0.29) is 0 Å². The van der Waals surface area contributed by atoms with E-state index in [4.69, 9.17) is 0 Å². The number of aliphatic imine (C=N–C) groups is 1. The first kappa shape index (κ1) is 15.8. The molecule has 2 rings (SSSR count). The molecule has 1 aromatic heterocycles. The predicted octanol–water partition coefficient (Wildman–Crippen LogP) is 2.76. The highest BCUT2D eigenvalue weighted by molar-refractivity contribution is 5.79. The van der Waals surface area contributed by atoms with Gasteiger partial charge in [0.05, 0.1) is 0 Å². The highest BCUT2D eigenvalue weighted by Gasteiger charge is 2.13. The van der Waals surface area contributed by atoms with Crippen LogP contribution in [0.1, 0.15) is 44.1 Å². The molecule has 0 radical (unpaired) electrons. The number of nitrogens with zero attached hydrogens (tertiary/aromatic N) is 2. The molecule has 1 fully saturated rings. The molecular formula is C17H28N4. The van der Waals surface area contributed by atoms with Crippen molar-refractivity contribution in [3.05, 3.63) is 30.1 Å². The lowest BCUT2D eigenvalue weighted by Gasteiger charge is -2.13. The first-order valence-corrected chi connectivity index (χ1v) is 8.22. The Kier molecular flexibility index (Phi) is 7.05. The monoisotopic (exact) mass is 288 g/mol. The number of rotatable bonds is 7. The molecule has 21 heavy (non-hydrogen) atoms. The smallest absolute Gasteiger partial charge is 0.190 e. The molecule has 2 N–H and O–H groups in total. The van der Waals surface area contributed by atoms with Gasteiger partial charge in [-0.15, -0.1) is 0 Å². The van der Waals surface area contributed by atoms with Gasteiger partial charge in [-0.3, -0.25) is 9.98 Å². The largest absolute Gasteiger partial charge is 0.356 e. The summed E-state index contributed by atoms with van der Waals surface area (Å²) in [4.78, 5) is 8.39. The summed E-state index contributed by atoms with van der Waals surface area (Å²) in [5.41, 5.74) is 1.25. The van der Waals surface area contributed by atoms with Crippen molar-refractivity contribution in [3.8, 4) is 0 Å². The Morgan fingerprint density at radius 2 is 2.10 bits per heavy atom. The van der Waals surface area contributed by atoms with Crippen LogP contribution < -0.4 is 10.6 Å². The molecule has 1 heterocycles. The molecule has 0 amide bonds. The second-order valence-corrected chi connectivity index (χ2v) is 5.83. The number of hydrogen-bond acceptors (Lipinski definition) is 2. The molecule has 0 atom stereocenters. The standard InChI is InChI=1S/C17H28N4/c1-18-17(20-12-5-8-15-6-2-3-7-15)21-13-10-16-9-4-11-19-14-16/h4,9,11,14-15H,2-3,5-8,10,12-13H2,1H3,(H2,18,20,21). The van der Waals surface area contributed by atoms with E-state index in [1.54, 1.807) is 0 Å². The molecule has 116 valence electrons. The van der Waals surface area contributed by atoms with E-state index in [1.165, 1.54) is 44.1 Å². The van der Waals surface area contributed by atoms with E-state index in [0.29, 0.717) is 0 Å². The number of guanidine groups is 1. The van der Waals surface area contributed by atoms with Crippen LogP contribution in [0.3, 0.4) is 0 Å². The molecule has 4 nitrogen and oxygen atoms in total. The van der Waals surface area contributed by atoms with E-state index >= 15 is 0 Å². The van der Waals surface area contributed by atoms with Crippen LogP contribution in [0.2, 0.25) is 0 Å². The Labute approximate surface area is 128 Å². The summed E-state index contributed by atoms with van der Waals surface area (Å²) in [5, 5.41) is 6.76. The van der Waals surface area contributed by atoms with Crippen LogP contribution in [-0.4, -0.2) is 31.1 Å². The molecule has 1 aliphatic rings. The maximum Gasteiger partial charge on any atom is 0.190 e. The molecular weight excluding hydrogens is 260 g/mol. The summed E-state index contributed by atoms with van der Waals surface area (Å²) in [5.74, 6) is 1.89. The van der Waals surface area contributed by atoms with Crippen molar-refractivity contribution in [3.63, 3.8) is 0 Å². The Morgan fingerprint density at radius 3 is 2.81 bits per heavy atom. The van der Waals surface area contributed by atoms with Gasteiger partial charge >= 0.3 is 0 Å². The first-order valence-electron chi connectivity index (χ1n) is 8.22. The van der Waals surface area contributed by atoms with E-state index in [0.717, 1.165) is 31.4 Å². The topological polar surface area (TPSA) is 49.3 Å². The van der Waals surface area contributed by atoms with Crippen LogP contribution >= 0.6 is 0 Å². The summed E-state index contributed by atoms with van der Waals surface area (Å²) >= 11 is 0. The van der Waals surface area contributed by atoms with Crippen LogP contribution in [0, 0.1) is 5.92 Å². The Morgan fingerprint density at radius 1 is 1.29 bits per heavy atom. The van der Waals surface area contributed by atoms with Crippen molar-refractivity contribution >= 4 is 5.96 Å². The minimum Gasteiger partial charge on any atom is -0.356 e. The fourth-order valence-electron chi connectivity index (χ4n) is 2.99. The number of pyridine rings is 1. The van der Waals surface area contributed by atoms with Gasteiger partial charge < -0.3 is 10.6 Å². The van der Waals surface area contributed by atoms with Crippen LogP contribution in [-0.2, 0) is 6.42 Å². The van der Waals surface area contributed by atoms with Crippen molar-refractivity contribution in [2.24, 2.45) is 10.9 Å². The summed E-state index contributed by atoms with van der Waals surface area (Å²) in [6, 6.07) is 4.08. The van der Waals surface area contributed by atoms with Gasteiger partial charge in [-0.2, -0.15) is 0 Å². The summed E-state index contributed by atoms with van der Waals surface area (Å²) in [6.45, 7) is 1.90. The minimum atomic E-state index is 0.883. The van der Waals surface area contributed by atoms with Gasteiger partial charge in [0, 0.05) is 32.5 Å². The Balaban J connectivity index is 1.55. The summed E-state index contributed by atoms with van der Waals surface area (Å²) in [7, 11) is 1.83. The molecule has 1 aliphatic carbocycles. The molecule has 1 aromatic rings. The van der Waals surface area contributed by atoms with E-state index in [1.807, 2.05) is 25.5 Å². The maximum absolute atomic E-state index is 4.27. The molecule has 1 saturated carbocycles. The van der Waals surface area contributed by atoms with E-state index in [9.17, 15) is 0 Å². The van der Waals surface area contributed by atoms with Crippen molar-refractivity contribution in [1.82, 2.24) is 15.6 Å². The lowest BCUT2D eigenvalue weighted by molar-refractivity contribution is 0.481. The van der Waals surface area contributed by atoms with Gasteiger partial charge in [0.25, 0.3) is 0 Å². The number of aromatic nitrogens is 1. The zero-order valence-corrected chi connectivity index (χ0v) is 13.1. The SMILES string of the molecule is CN=C(NCCCC1CCCC1)NCCc1cccnc1. The van der Waals surface area contributed by atoms with E-state index in [2.05, 4.69) is 26.7 Å². The van der Waals surface area contributed by atoms with Gasteiger partial charge in [-0.05, 0) is 36.8 Å². The van der Waals surface area contributed by atoms with Crippen molar-refractivity contribution in [2.75, 3.05) is 20.1 Å². The third-order valence-electron chi connectivity index (χ3n) is 4.21. The second-order valence-electron chi connectivity index (χ2n) is 5.83. The molecule has 4 heteroatoms. The normalized spacial score (nSPS) is 16.1. The highest BCUT2D eigenvalue weighted by Crippen LogP contribution is 2.28. The Hall–Kier alpha value is -1.58. The van der Waals surface area contributed by atoms with Crippen molar-refractivity contribution < 1.29 is 0 Å². The first-order chi connectivity index (χ1) is 10.4. The average Bonchev–Trinajstić information content (AvgIpc) is 3.04. The Bertz CT molecular complexity index is 410. The van der Waals surface area contributed by atoms with Gasteiger partial charge in [-0.25, -0.2) is 0 Å². The molecule has 0 unspecified atom stereocenters. The lowest BCUT2D eigenvalue weighted by Crippen LogP contribution is -2.38. The second kappa shape index (κ2) is 9.37. The van der Waals surface area contributed by atoms with Gasteiger partial charge in [0.1, 0.15) is 0 Å². The van der Waals surface area contributed by atoms with Crippen LogP contribution in [0.15, 0.2) is 29.5 Å². The fourth-order valence-corrected chi connectivity index (χ4v) is 2.99. The lowest BCUT2D eigenvalue weighted by atomic mass is 10.0. The van der Waals surface area contributed by atoms with Gasteiger partial charge in [-0.1, -0.05) is 31.7 Å². The van der Waals surface area contributed by atoms with Crippen LogP contribution in [0.4, 0.5) is 0 Å². The van der Waals surface area contributed by atoms with Gasteiger partial charge in [0.2, 0.25) is 0 Å². The molecule has 0 bridgehead atoms. The van der Waals surface area contributed by atoms with E-state index < -0.39 is 0 Å². The van der Waals surface area contributed by atoms with Crippen molar-refractivity contribution in [2.45, 2.75) is 44.9 Å². The third-order valence-corrected chi connectivity index (χ3v) is 4.21. The third kappa shape index (κ3) is 6.15. The average molecular weight is 288 g/mol. The quantitative estimate of drug-likeness (QED) is 0.461. The molecule has 0 aliphatic heterocycles. The fraction of sp³-hybridized carbons (Fsp3) is 0.647. The molecule has 0 saturated heterocycles. The zero-order chi connectivity index (χ0) is 14.8. The molecule has 0 aromatic carbocycles. The number of hydrogen-bond donors (Lipinski definition) is 2. The van der Waals surface area contributed by atoms with Crippen molar-refractivity contribution in [1.29, 1.82) is 0 Å².